The highest BCUT2D eigenvalue weighted by molar-refractivity contribution is 7.89. The molecule has 0 aliphatic heterocycles. The zero-order valence-corrected chi connectivity index (χ0v) is 12.9. The molecule has 0 spiro atoms. The molecule has 1 rings (SSSR count). The van der Waals surface area contributed by atoms with E-state index in [2.05, 4.69) is 0 Å². The Kier molecular flexibility index (Phi) is 6.26. The molecule has 0 heterocycles. The molecule has 0 aromatic carbocycles. The second-order valence-electron chi connectivity index (χ2n) is 5.83. The molecule has 1 aliphatic rings. The summed E-state index contributed by atoms with van der Waals surface area (Å²) in [5.41, 5.74) is 5.36. The van der Waals surface area contributed by atoms with E-state index in [9.17, 15) is 8.42 Å². The van der Waals surface area contributed by atoms with Gasteiger partial charge in [-0.2, -0.15) is 0 Å². The van der Waals surface area contributed by atoms with Crippen molar-refractivity contribution in [3.05, 3.63) is 0 Å². The van der Waals surface area contributed by atoms with Crippen LogP contribution in [0.1, 0.15) is 52.4 Å². The summed E-state index contributed by atoms with van der Waals surface area (Å²) >= 11 is 0. The van der Waals surface area contributed by atoms with Gasteiger partial charge in [0.1, 0.15) is 0 Å². The highest BCUT2D eigenvalue weighted by atomic mass is 32.2. The Labute approximate surface area is 117 Å². The predicted octanol–water partition coefficient (Wildman–Crippen LogP) is 1.93. The molecular formula is C13H27N3O2S. The molecule has 3 N–H and O–H groups in total. The average molecular weight is 289 g/mol. The summed E-state index contributed by atoms with van der Waals surface area (Å²) in [4.78, 5) is 0. The third-order valence-corrected chi connectivity index (χ3v) is 5.90. The van der Waals surface area contributed by atoms with Crippen molar-refractivity contribution in [2.24, 2.45) is 11.7 Å². The minimum atomic E-state index is -3.23. The van der Waals surface area contributed by atoms with Crippen molar-refractivity contribution < 1.29 is 8.42 Å². The van der Waals surface area contributed by atoms with Gasteiger partial charge in [-0.15, -0.1) is 0 Å². The molecule has 0 unspecified atom stereocenters. The molecule has 1 saturated carbocycles. The molecular weight excluding hydrogens is 262 g/mol. The summed E-state index contributed by atoms with van der Waals surface area (Å²) in [6.45, 7) is 4.88. The number of nitrogens with one attached hydrogen (secondary N) is 1. The predicted molar refractivity (Wildman–Crippen MR) is 78.7 cm³/mol. The van der Waals surface area contributed by atoms with Gasteiger partial charge in [0.25, 0.3) is 0 Å². The Morgan fingerprint density at radius 3 is 2.37 bits per heavy atom. The standard InChI is InChI=1S/C13H27N3O2S/c1-11(2)10-16(9-8-13(14)15)19(17,18)12-6-4-3-5-7-12/h11-12H,3-10H2,1-2H3,(H3,14,15). The fraction of sp³-hybridized carbons (Fsp3) is 0.923. The number of amidine groups is 1. The van der Waals surface area contributed by atoms with Crippen LogP contribution in [0, 0.1) is 11.3 Å². The van der Waals surface area contributed by atoms with Gasteiger partial charge in [0, 0.05) is 19.5 Å². The Balaban J connectivity index is 2.77. The van der Waals surface area contributed by atoms with E-state index in [0.29, 0.717) is 19.5 Å². The van der Waals surface area contributed by atoms with Gasteiger partial charge in [-0.25, -0.2) is 12.7 Å². The van der Waals surface area contributed by atoms with Crippen molar-refractivity contribution in [3.8, 4) is 0 Å². The van der Waals surface area contributed by atoms with Crippen molar-refractivity contribution >= 4 is 15.9 Å². The molecule has 1 aliphatic carbocycles. The summed E-state index contributed by atoms with van der Waals surface area (Å²) in [5.74, 6) is 0.331. The lowest BCUT2D eigenvalue weighted by atomic mass is 10.0. The van der Waals surface area contributed by atoms with Gasteiger partial charge in [-0.1, -0.05) is 33.1 Å². The topological polar surface area (TPSA) is 87.2 Å². The fourth-order valence-electron chi connectivity index (χ4n) is 2.55. The number of hydrogen-bond donors (Lipinski definition) is 2. The van der Waals surface area contributed by atoms with Crippen molar-refractivity contribution in [1.29, 1.82) is 5.41 Å². The molecule has 1 fully saturated rings. The largest absolute Gasteiger partial charge is 0.388 e. The van der Waals surface area contributed by atoms with E-state index >= 15 is 0 Å². The van der Waals surface area contributed by atoms with Crippen LogP contribution >= 0.6 is 0 Å². The third-order valence-electron chi connectivity index (χ3n) is 3.53. The van der Waals surface area contributed by atoms with E-state index < -0.39 is 10.0 Å². The van der Waals surface area contributed by atoms with Crippen LogP contribution in [0.3, 0.4) is 0 Å². The van der Waals surface area contributed by atoms with Gasteiger partial charge < -0.3 is 5.73 Å². The van der Waals surface area contributed by atoms with Crippen molar-refractivity contribution in [3.63, 3.8) is 0 Å². The van der Waals surface area contributed by atoms with Gasteiger partial charge in [-0.3, -0.25) is 5.41 Å². The van der Waals surface area contributed by atoms with E-state index in [0.717, 1.165) is 32.1 Å². The molecule has 0 atom stereocenters. The fourth-order valence-corrected chi connectivity index (χ4v) is 4.75. The van der Waals surface area contributed by atoms with Crippen molar-refractivity contribution in [1.82, 2.24) is 4.31 Å². The maximum Gasteiger partial charge on any atom is 0.217 e. The van der Waals surface area contributed by atoms with Gasteiger partial charge in [0.05, 0.1) is 11.1 Å². The number of nitrogens with two attached hydrogens (primary N) is 1. The lowest BCUT2D eigenvalue weighted by Crippen LogP contribution is -2.42. The van der Waals surface area contributed by atoms with Crippen LogP contribution in [0.4, 0.5) is 0 Å². The maximum atomic E-state index is 12.6. The first kappa shape index (κ1) is 16.4. The number of nitrogens with zero attached hydrogens (tertiary/aromatic N) is 1. The van der Waals surface area contributed by atoms with E-state index in [4.69, 9.17) is 11.1 Å². The summed E-state index contributed by atoms with van der Waals surface area (Å²) in [5, 5.41) is 7.05. The minimum absolute atomic E-state index is 0.0487. The second kappa shape index (κ2) is 7.24. The Hall–Kier alpha value is -0.620. The van der Waals surface area contributed by atoms with E-state index in [-0.39, 0.29) is 17.0 Å². The lowest BCUT2D eigenvalue weighted by Gasteiger charge is -2.30. The van der Waals surface area contributed by atoms with E-state index in [1.165, 1.54) is 0 Å². The van der Waals surface area contributed by atoms with Crippen LogP contribution in [0.15, 0.2) is 0 Å². The molecule has 0 bridgehead atoms. The second-order valence-corrected chi connectivity index (χ2v) is 8.05. The van der Waals surface area contributed by atoms with Gasteiger partial charge in [0.2, 0.25) is 10.0 Å². The Morgan fingerprint density at radius 2 is 1.89 bits per heavy atom. The highest BCUT2D eigenvalue weighted by Gasteiger charge is 2.32. The molecule has 0 saturated heterocycles. The van der Waals surface area contributed by atoms with Crippen LogP contribution in [0.25, 0.3) is 0 Å². The number of hydrogen-bond acceptors (Lipinski definition) is 3. The average Bonchev–Trinajstić information content (AvgIpc) is 2.34. The van der Waals surface area contributed by atoms with Crippen LogP contribution in [0.2, 0.25) is 0 Å². The summed E-state index contributed by atoms with van der Waals surface area (Å²) in [7, 11) is -3.23. The Morgan fingerprint density at radius 1 is 1.32 bits per heavy atom. The molecule has 0 aromatic rings. The maximum absolute atomic E-state index is 12.6. The molecule has 0 amide bonds. The normalized spacial score (nSPS) is 18.1. The summed E-state index contributed by atoms with van der Waals surface area (Å²) in [6.07, 6.45) is 5.02. The molecule has 19 heavy (non-hydrogen) atoms. The van der Waals surface area contributed by atoms with Gasteiger partial charge >= 0.3 is 0 Å². The van der Waals surface area contributed by atoms with Crippen molar-refractivity contribution in [2.75, 3.05) is 13.1 Å². The lowest BCUT2D eigenvalue weighted by molar-refractivity contribution is 0.358. The quantitative estimate of drug-likeness (QED) is 0.554. The van der Waals surface area contributed by atoms with Crippen LogP contribution in [0.5, 0.6) is 0 Å². The summed E-state index contributed by atoms with van der Waals surface area (Å²) < 4.78 is 26.8. The monoisotopic (exact) mass is 289 g/mol. The zero-order chi connectivity index (χ0) is 14.5. The SMILES string of the molecule is CC(C)CN(CCC(=N)N)S(=O)(=O)C1CCCCC1. The first-order valence-corrected chi connectivity index (χ1v) is 8.66. The Bertz CT molecular complexity index is 387. The summed E-state index contributed by atoms with van der Waals surface area (Å²) in [6, 6.07) is 0. The number of sulfonamides is 1. The smallest absolute Gasteiger partial charge is 0.217 e. The van der Waals surface area contributed by atoms with E-state index in [1.54, 1.807) is 4.31 Å². The van der Waals surface area contributed by atoms with Crippen LogP contribution in [-0.2, 0) is 10.0 Å². The molecule has 0 radical (unpaired) electrons. The number of rotatable bonds is 7. The van der Waals surface area contributed by atoms with Crippen molar-refractivity contribution in [2.45, 2.75) is 57.6 Å². The first-order valence-electron chi connectivity index (χ1n) is 7.16. The molecule has 5 nitrogen and oxygen atoms in total. The molecule has 0 aromatic heterocycles. The minimum Gasteiger partial charge on any atom is -0.388 e. The van der Waals surface area contributed by atoms with Gasteiger partial charge in [-0.05, 0) is 18.8 Å². The molecule has 6 heteroatoms. The molecule has 112 valence electrons. The van der Waals surface area contributed by atoms with E-state index in [1.807, 2.05) is 13.8 Å². The first-order chi connectivity index (χ1) is 8.84. The highest BCUT2D eigenvalue weighted by Crippen LogP contribution is 2.26. The van der Waals surface area contributed by atoms with Crippen LogP contribution < -0.4 is 5.73 Å². The zero-order valence-electron chi connectivity index (χ0n) is 12.1. The van der Waals surface area contributed by atoms with Crippen LogP contribution in [-0.4, -0.2) is 36.9 Å². The van der Waals surface area contributed by atoms with Gasteiger partial charge in [0.15, 0.2) is 0 Å². The third kappa shape index (κ3) is 5.10.